The highest BCUT2D eigenvalue weighted by Gasteiger charge is 2.31. The van der Waals surface area contributed by atoms with Crippen LogP contribution in [0, 0.1) is 24.1 Å². The molecule has 5 rings (SSSR count). The first-order valence-corrected chi connectivity index (χ1v) is 14.4. The molecular weight excluding hydrogens is 543 g/mol. The fourth-order valence-electron chi connectivity index (χ4n) is 4.86. The van der Waals surface area contributed by atoms with Gasteiger partial charge < -0.3 is 19.9 Å². The van der Waals surface area contributed by atoms with Crippen molar-refractivity contribution in [3.63, 3.8) is 0 Å². The molecule has 4 aromatic rings. The summed E-state index contributed by atoms with van der Waals surface area (Å²) in [5, 5.41) is 18.4. The molecule has 0 spiro atoms. The van der Waals surface area contributed by atoms with Crippen LogP contribution in [0.1, 0.15) is 50.9 Å². The Balaban J connectivity index is 1.46. The maximum Gasteiger partial charge on any atom is 0.410 e. The number of piperazine rings is 1. The third-order valence-electron chi connectivity index (χ3n) is 6.81. The number of aryl methyl sites for hydroxylation is 2. The molecule has 1 aromatic carbocycles. The smallest absolute Gasteiger partial charge is 0.410 e. The minimum absolute atomic E-state index is 0.0195. The number of hydrogen-bond acceptors (Lipinski definition) is 9. The first-order valence-electron chi connectivity index (χ1n) is 13.5. The third kappa shape index (κ3) is 5.81. The molecule has 1 saturated heterocycles. The van der Waals surface area contributed by atoms with E-state index in [0.717, 1.165) is 22.9 Å². The molecule has 214 valence electrons. The minimum Gasteiger partial charge on any atom is -0.444 e. The third-order valence-corrected chi connectivity index (χ3v) is 7.69. The molecule has 0 radical (unpaired) electrons. The van der Waals surface area contributed by atoms with Crippen LogP contribution in [0.15, 0.2) is 30.3 Å². The van der Waals surface area contributed by atoms with Crippen LogP contribution in [0.4, 0.5) is 25.8 Å². The second-order valence-corrected chi connectivity index (χ2v) is 12.1. The molecule has 0 unspecified atom stereocenters. The summed E-state index contributed by atoms with van der Waals surface area (Å²) in [4.78, 5) is 26.7. The zero-order valence-electron chi connectivity index (χ0n) is 24.0. The number of nitriles is 1. The Morgan fingerprint density at radius 3 is 2.61 bits per heavy atom. The Morgan fingerprint density at radius 1 is 1.24 bits per heavy atom. The lowest BCUT2D eigenvalue weighted by Gasteiger charge is -2.40. The van der Waals surface area contributed by atoms with Crippen molar-refractivity contribution in [2.75, 3.05) is 29.9 Å². The van der Waals surface area contributed by atoms with E-state index in [1.54, 1.807) is 17.0 Å². The molecule has 1 aliphatic heterocycles. The van der Waals surface area contributed by atoms with Gasteiger partial charge in [0, 0.05) is 43.0 Å². The van der Waals surface area contributed by atoms with Gasteiger partial charge in [0.1, 0.15) is 39.6 Å². The SMILES string of the molecule is CCc1nn2c(C)cc(N3CCN(C(=O)OC(C)(C)C)C[C@@H]3C)nc2c1Nc1nc(-c2ccc(F)cc2)c(C#N)s1. The van der Waals surface area contributed by atoms with Crippen molar-refractivity contribution in [1.82, 2.24) is 24.5 Å². The van der Waals surface area contributed by atoms with Crippen LogP contribution in [0.2, 0.25) is 0 Å². The molecule has 0 aliphatic carbocycles. The zero-order chi connectivity index (χ0) is 29.5. The molecule has 10 nitrogen and oxygen atoms in total. The fourth-order valence-corrected chi connectivity index (χ4v) is 5.65. The highest BCUT2D eigenvalue weighted by atomic mass is 32.1. The lowest BCUT2D eigenvalue weighted by Crippen LogP contribution is -2.54. The maximum absolute atomic E-state index is 13.5. The van der Waals surface area contributed by atoms with Crippen molar-refractivity contribution in [2.24, 2.45) is 0 Å². The maximum atomic E-state index is 13.5. The number of amides is 1. The number of benzene rings is 1. The molecule has 4 heterocycles. The van der Waals surface area contributed by atoms with Crippen molar-refractivity contribution < 1.29 is 13.9 Å². The molecule has 1 aliphatic rings. The summed E-state index contributed by atoms with van der Waals surface area (Å²) in [5.74, 6) is 0.443. The van der Waals surface area contributed by atoms with Crippen LogP contribution in [-0.2, 0) is 11.2 Å². The van der Waals surface area contributed by atoms with E-state index in [4.69, 9.17) is 14.8 Å². The van der Waals surface area contributed by atoms with Gasteiger partial charge in [-0.3, -0.25) is 0 Å². The van der Waals surface area contributed by atoms with E-state index >= 15 is 0 Å². The summed E-state index contributed by atoms with van der Waals surface area (Å²) in [6, 6.07) is 10.2. The first-order chi connectivity index (χ1) is 19.5. The zero-order valence-corrected chi connectivity index (χ0v) is 24.8. The number of nitrogens with zero attached hydrogens (tertiary/aromatic N) is 7. The van der Waals surface area contributed by atoms with Gasteiger partial charge in [0.2, 0.25) is 0 Å². The molecular formula is C29H33FN8O2S. The Bertz CT molecular complexity index is 1630. The molecule has 1 atom stereocenters. The van der Waals surface area contributed by atoms with Gasteiger partial charge in [0.25, 0.3) is 0 Å². The number of halogens is 1. The van der Waals surface area contributed by atoms with Crippen molar-refractivity contribution in [2.45, 2.75) is 59.6 Å². The van der Waals surface area contributed by atoms with E-state index in [1.807, 2.05) is 45.2 Å². The van der Waals surface area contributed by atoms with Gasteiger partial charge in [0.15, 0.2) is 10.8 Å². The van der Waals surface area contributed by atoms with E-state index in [1.165, 1.54) is 23.5 Å². The van der Waals surface area contributed by atoms with E-state index in [-0.39, 0.29) is 18.0 Å². The van der Waals surface area contributed by atoms with Crippen molar-refractivity contribution >= 4 is 39.7 Å². The monoisotopic (exact) mass is 576 g/mol. The number of nitrogens with one attached hydrogen (secondary N) is 1. The molecule has 12 heteroatoms. The second kappa shape index (κ2) is 11.0. The summed E-state index contributed by atoms with van der Waals surface area (Å²) in [7, 11) is 0. The minimum atomic E-state index is -0.547. The fraction of sp³-hybridized carbons (Fsp3) is 0.414. The number of hydrogen-bond donors (Lipinski definition) is 1. The molecule has 1 fully saturated rings. The van der Waals surface area contributed by atoms with Gasteiger partial charge in [0.05, 0.1) is 5.69 Å². The van der Waals surface area contributed by atoms with Crippen LogP contribution in [0.25, 0.3) is 16.9 Å². The van der Waals surface area contributed by atoms with Gasteiger partial charge in [-0.2, -0.15) is 10.4 Å². The molecule has 1 N–H and O–H groups in total. The van der Waals surface area contributed by atoms with E-state index in [9.17, 15) is 14.4 Å². The van der Waals surface area contributed by atoms with Gasteiger partial charge in [-0.1, -0.05) is 18.3 Å². The summed E-state index contributed by atoms with van der Waals surface area (Å²) >= 11 is 1.23. The van der Waals surface area contributed by atoms with Gasteiger partial charge in [-0.05, 0) is 65.3 Å². The van der Waals surface area contributed by atoms with E-state index in [2.05, 4.69) is 28.2 Å². The first kappa shape index (κ1) is 28.3. The summed E-state index contributed by atoms with van der Waals surface area (Å²) < 4.78 is 20.9. The molecule has 0 bridgehead atoms. The highest BCUT2D eigenvalue weighted by molar-refractivity contribution is 7.16. The Morgan fingerprint density at radius 2 is 1.98 bits per heavy atom. The highest BCUT2D eigenvalue weighted by Crippen LogP contribution is 2.35. The van der Waals surface area contributed by atoms with Gasteiger partial charge in [-0.25, -0.2) is 23.7 Å². The lowest BCUT2D eigenvalue weighted by atomic mass is 10.1. The van der Waals surface area contributed by atoms with Crippen LogP contribution >= 0.6 is 11.3 Å². The Kier molecular flexibility index (Phi) is 7.57. The van der Waals surface area contributed by atoms with Crippen molar-refractivity contribution in [1.29, 1.82) is 5.26 Å². The average Bonchev–Trinajstić information content (AvgIpc) is 3.49. The number of ether oxygens (including phenoxy) is 1. The Hall–Kier alpha value is -4.24. The quantitative estimate of drug-likeness (QED) is 0.312. The average molecular weight is 577 g/mol. The van der Waals surface area contributed by atoms with E-state index in [0.29, 0.717) is 53.0 Å². The molecule has 1 amide bonds. The number of thiazole rings is 1. The number of rotatable bonds is 5. The van der Waals surface area contributed by atoms with E-state index < -0.39 is 5.60 Å². The largest absolute Gasteiger partial charge is 0.444 e. The predicted molar refractivity (Wildman–Crippen MR) is 157 cm³/mol. The van der Waals surface area contributed by atoms with Crippen LogP contribution in [-0.4, -0.2) is 61.9 Å². The number of fused-ring (bicyclic) bond motifs is 1. The lowest BCUT2D eigenvalue weighted by molar-refractivity contribution is 0.0218. The molecule has 0 saturated carbocycles. The summed E-state index contributed by atoms with van der Waals surface area (Å²) in [6.45, 7) is 13.3. The van der Waals surface area contributed by atoms with Gasteiger partial charge >= 0.3 is 6.09 Å². The van der Waals surface area contributed by atoms with Gasteiger partial charge in [-0.15, -0.1) is 0 Å². The second-order valence-electron chi connectivity index (χ2n) is 11.1. The predicted octanol–water partition coefficient (Wildman–Crippen LogP) is 5.92. The topological polar surface area (TPSA) is 112 Å². The van der Waals surface area contributed by atoms with Crippen LogP contribution < -0.4 is 10.2 Å². The number of aromatic nitrogens is 4. The Labute approximate surface area is 242 Å². The number of carbonyl (C=O) groups is 1. The summed E-state index contributed by atoms with van der Waals surface area (Å²) in [5.41, 5.74) is 3.72. The number of anilines is 3. The van der Waals surface area contributed by atoms with Crippen LogP contribution in [0.5, 0.6) is 0 Å². The number of carbonyl (C=O) groups excluding carboxylic acids is 1. The van der Waals surface area contributed by atoms with Crippen molar-refractivity contribution in [3.05, 3.63) is 52.4 Å². The molecule has 41 heavy (non-hydrogen) atoms. The van der Waals surface area contributed by atoms with Crippen molar-refractivity contribution in [3.8, 4) is 17.3 Å². The molecule has 3 aromatic heterocycles. The van der Waals surface area contributed by atoms with Crippen LogP contribution in [0.3, 0.4) is 0 Å². The summed E-state index contributed by atoms with van der Waals surface area (Å²) in [6.07, 6.45) is 0.353. The normalized spacial score (nSPS) is 15.7. The standard InChI is InChI=1S/C29H33FN8O2S/c1-7-21-25(34-27-33-24(22(15-31)41-27)19-8-10-20(30)11-9-19)26-32-23(14-17(2)38(26)35-21)37-13-12-36(16-18(37)3)28(39)40-29(4,5)6/h8-11,14,18H,7,12-13,16H2,1-6H3,(H,33,34)/t18-/m0/s1.